The second kappa shape index (κ2) is 5.46. The maximum absolute atomic E-state index is 10.8. The van der Waals surface area contributed by atoms with Crippen molar-refractivity contribution >= 4 is 29.0 Å². The number of hydrogen-bond donors (Lipinski definition) is 0. The summed E-state index contributed by atoms with van der Waals surface area (Å²) in [6.07, 6.45) is 1.18. The molecule has 0 aliphatic heterocycles. The van der Waals surface area contributed by atoms with Crippen LogP contribution in [0.5, 0.6) is 5.75 Å². The normalized spacial score (nSPS) is 10.5. The molecule has 0 aliphatic rings. The Hall–Kier alpha value is -1.79. The van der Waals surface area contributed by atoms with Crippen LogP contribution in [0.1, 0.15) is 5.82 Å². The highest BCUT2D eigenvalue weighted by Crippen LogP contribution is 2.28. The largest absolute Gasteiger partial charge is 0.453 e. The number of aromatic nitrogens is 2. The van der Waals surface area contributed by atoms with Crippen LogP contribution in [0, 0.1) is 17.0 Å². The summed E-state index contributed by atoms with van der Waals surface area (Å²) in [5.41, 5.74) is 0. The van der Waals surface area contributed by atoms with Gasteiger partial charge in [-0.3, -0.25) is 0 Å². The fourth-order valence-electron chi connectivity index (χ4n) is 1.49. The van der Waals surface area contributed by atoms with Gasteiger partial charge in [-0.05, 0) is 23.1 Å². The van der Waals surface area contributed by atoms with Crippen LogP contribution < -0.4 is 4.74 Å². The van der Waals surface area contributed by atoms with E-state index in [-0.39, 0.29) is 12.5 Å². The lowest BCUT2D eigenvalue weighted by Gasteiger charge is -2.07. The van der Waals surface area contributed by atoms with E-state index < -0.39 is 4.92 Å². The molecule has 2 rings (SSSR count). The Bertz CT molecular complexity index is 628. The first-order valence-electron chi connectivity index (χ1n) is 5.23. The highest BCUT2D eigenvalue weighted by atomic mass is 35.5. The predicted molar refractivity (Wildman–Crippen MR) is 70.7 cm³/mol. The third-order valence-corrected chi connectivity index (χ3v) is 2.99. The average molecular weight is 302 g/mol. The van der Waals surface area contributed by atoms with Gasteiger partial charge in [0.25, 0.3) is 0 Å². The molecule has 2 aromatic rings. The van der Waals surface area contributed by atoms with E-state index in [1.807, 2.05) is 0 Å². The summed E-state index contributed by atoms with van der Waals surface area (Å²) < 4.78 is 6.77. The summed E-state index contributed by atoms with van der Waals surface area (Å²) in [5, 5.41) is 11.6. The number of halogens is 2. The molecule has 1 aromatic heterocycles. The zero-order valence-corrected chi connectivity index (χ0v) is 11.4. The number of hydrogen-bond acceptors (Lipinski definition) is 4. The number of benzene rings is 1. The van der Waals surface area contributed by atoms with Crippen LogP contribution in [-0.2, 0) is 6.73 Å². The van der Waals surface area contributed by atoms with Crippen molar-refractivity contribution in [2.75, 3.05) is 0 Å². The van der Waals surface area contributed by atoms with Crippen LogP contribution in [0.2, 0.25) is 10.0 Å². The number of imidazole rings is 1. The Labute approximate surface area is 118 Å². The van der Waals surface area contributed by atoms with Crippen LogP contribution in [0.4, 0.5) is 5.82 Å². The minimum atomic E-state index is -0.521. The first-order chi connectivity index (χ1) is 8.99. The highest BCUT2D eigenvalue weighted by molar-refractivity contribution is 6.35. The Morgan fingerprint density at radius 2 is 2.21 bits per heavy atom. The van der Waals surface area contributed by atoms with E-state index >= 15 is 0 Å². The van der Waals surface area contributed by atoms with E-state index in [2.05, 4.69) is 4.98 Å². The second-order valence-electron chi connectivity index (χ2n) is 3.70. The molecule has 6 nitrogen and oxygen atoms in total. The summed E-state index contributed by atoms with van der Waals surface area (Å²) in [7, 11) is 0. The first kappa shape index (κ1) is 13.6. The highest BCUT2D eigenvalue weighted by Gasteiger charge is 2.18. The van der Waals surface area contributed by atoms with Gasteiger partial charge >= 0.3 is 5.82 Å². The van der Waals surface area contributed by atoms with E-state index in [0.717, 1.165) is 0 Å². The van der Waals surface area contributed by atoms with Crippen molar-refractivity contribution in [3.8, 4) is 5.75 Å². The van der Waals surface area contributed by atoms with Crippen molar-refractivity contribution in [2.24, 2.45) is 0 Å². The zero-order valence-electron chi connectivity index (χ0n) is 9.84. The molecule has 0 bridgehead atoms. The molecule has 100 valence electrons. The van der Waals surface area contributed by atoms with Crippen LogP contribution >= 0.6 is 23.2 Å². The fourth-order valence-corrected chi connectivity index (χ4v) is 1.95. The van der Waals surface area contributed by atoms with Crippen molar-refractivity contribution in [2.45, 2.75) is 13.7 Å². The molecular weight excluding hydrogens is 293 g/mol. The van der Waals surface area contributed by atoms with Gasteiger partial charge in [0.1, 0.15) is 11.9 Å². The van der Waals surface area contributed by atoms with Crippen molar-refractivity contribution in [1.82, 2.24) is 9.55 Å². The number of nitrogens with zero attached hydrogens (tertiary/aromatic N) is 3. The van der Waals surface area contributed by atoms with Crippen LogP contribution in [0.3, 0.4) is 0 Å². The van der Waals surface area contributed by atoms with E-state index in [1.165, 1.54) is 16.8 Å². The SMILES string of the molecule is Cc1ncc([N+](=O)[O-])n1COc1ccc(Cl)cc1Cl. The molecule has 1 heterocycles. The van der Waals surface area contributed by atoms with Gasteiger partial charge in [-0.2, -0.15) is 4.57 Å². The monoisotopic (exact) mass is 301 g/mol. The minimum absolute atomic E-state index is 0.0521. The summed E-state index contributed by atoms with van der Waals surface area (Å²) in [6.45, 7) is 1.60. The maximum atomic E-state index is 10.8. The van der Waals surface area contributed by atoms with E-state index in [0.29, 0.717) is 21.6 Å². The maximum Gasteiger partial charge on any atom is 0.345 e. The summed E-state index contributed by atoms with van der Waals surface area (Å²) in [4.78, 5) is 14.2. The lowest BCUT2D eigenvalue weighted by Crippen LogP contribution is -2.10. The van der Waals surface area contributed by atoms with Gasteiger partial charge in [0.05, 0.1) is 5.02 Å². The minimum Gasteiger partial charge on any atom is -0.453 e. The number of ether oxygens (including phenoxy) is 1. The topological polar surface area (TPSA) is 70.2 Å². The lowest BCUT2D eigenvalue weighted by molar-refractivity contribution is -0.392. The van der Waals surface area contributed by atoms with Crippen molar-refractivity contribution in [1.29, 1.82) is 0 Å². The van der Waals surface area contributed by atoms with Gasteiger partial charge < -0.3 is 14.9 Å². The average Bonchev–Trinajstić information content (AvgIpc) is 2.70. The second-order valence-corrected chi connectivity index (χ2v) is 4.54. The van der Waals surface area contributed by atoms with Gasteiger partial charge in [-0.15, -0.1) is 0 Å². The molecule has 0 radical (unpaired) electrons. The number of nitro groups is 1. The van der Waals surface area contributed by atoms with Gasteiger partial charge in [0, 0.05) is 11.9 Å². The van der Waals surface area contributed by atoms with Crippen molar-refractivity contribution < 1.29 is 9.66 Å². The van der Waals surface area contributed by atoms with Crippen LogP contribution in [0.15, 0.2) is 24.4 Å². The van der Waals surface area contributed by atoms with Gasteiger partial charge in [0.2, 0.25) is 6.73 Å². The Kier molecular flexibility index (Phi) is 3.92. The zero-order chi connectivity index (χ0) is 14.0. The molecule has 0 fully saturated rings. The Balaban J connectivity index is 2.19. The molecule has 8 heteroatoms. The number of rotatable bonds is 4. The Morgan fingerprint density at radius 3 is 2.84 bits per heavy atom. The molecule has 1 aromatic carbocycles. The summed E-state index contributed by atoms with van der Waals surface area (Å²) >= 11 is 11.7. The van der Waals surface area contributed by atoms with E-state index in [1.54, 1.807) is 19.1 Å². The van der Waals surface area contributed by atoms with Crippen molar-refractivity contribution in [3.63, 3.8) is 0 Å². The number of aryl methyl sites for hydroxylation is 1. The molecule has 19 heavy (non-hydrogen) atoms. The molecule has 0 saturated carbocycles. The summed E-state index contributed by atoms with van der Waals surface area (Å²) in [6, 6.07) is 4.76. The smallest absolute Gasteiger partial charge is 0.345 e. The Morgan fingerprint density at radius 1 is 1.47 bits per heavy atom. The molecule has 0 spiro atoms. The molecular formula is C11H9Cl2N3O3. The van der Waals surface area contributed by atoms with Gasteiger partial charge in [-0.25, -0.2) is 4.98 Å². The molecule has 0 unspecified atom stereocenters. The van der Waals surface area contributed by atoms with E-state index in [9.17, 15) is 10.1 Å². The molecule has 0 N–H and O–H groups in total. The van der Waals surface area contributed by atoms with Crippen LogP contribution in [0.25, 0.3) is 0 Å². The van der Waals surface area contributed by atoms with E-state index in [4.69, 9.17) is 27.9 Å². The van der Waals surface area contributed by atoms with Crippen LogP contribution in [-0.4, -0.2) is 14.5 Å². The predicted octanol–water partition coefficient (Wildman–Crippen LogP) is 3.44. The fraction of sp³-hybridized carbons (Fsp3) is 0.182. The molecule has 0 saturated heterocycles. The van der Waals surface area contributed by atoms with Gasteiger partial charge in [0.15, 0.2) is 5.82 Å². The quantitative estimate of drug-likeness (QED) is 0.640. The first-order valence-corrected chi connectivity index (χ1v) is 5.99. The lowest BCUT2D eigenvalue weighted by atomic mass is 10.3. The molecule has 0 atom stereocenters. The molecule has 0 amide bonds. The summed E-state index contributed by atoms with van der Waals surface area (Å²) in [5.74, 6) is 0.743. The standard InChI is InChI=1S/C11H9Cl2N3O3/c1-7-14-5-11(16(17)18)15(7)6-19-10-3-2-8(12)4-9(10)13/h2-5H,6H2,1H3. The third kappa shape index (κ3) is 2.97. The van der Waals surface area contributed by atoms with Gasteiger partial charge in [-0.1, -0.05) is 23.2 Å². The molecule has 0 aliphatic carbocycles. The third-order valence-electron chi connectivity index (χ3n) is 2.46. The van der Waals surface area contributed by atoms with Crippen molar-refractivity contribution in [3.05, 3.63) is 50.4 Å².